The summed E-state index contributed by atoms with van der Waals surface area (Å²) in [6.45, 7) is 11.3. The second kappa shape index (κ2) is 8.15. The van der Waals surface area contributed by atoms with Gasteiger partial charge < -0.3 is 15.1 Å². The van der Waals surface area contributed by atoms with Crippen LogP contribution >= 0.6 is 11.3 Å². The first-order valence-corrected chi connectivity index (χ1v) is 9.55. The highest BCUT2D eigenvalue weighted by atomic mass is 32.1. The van der Waals surface area contributed by atoms with E-state index in [0.29, 0.717) is 12.5 Å². The van der Waals surface area contributed by atoms with Gasteiger partial charge in [0.25, 0.3) is 0 Å². The molecule has 1 atom stereocenters. The van der Waals surface area contributed by atoms with Crippen LogP contribution in [-0.4, -0.2) is 55.6 Å². The summed E-state index contributed by atoms with van der Waals surface area (Å²) in [6.07, 6.45) is 2.31. The summed E-state index contributed by atoms with van der Waals surface area (Å²) in [5, 5.41) is 5.23. The zero-order valence-electron chi connectivity index (χ0n) is 15.0. The molecule has 1 aliphatic heterocycles. The third-order valence-corrected chi connectivity index (χ3v) is 5.85. The van der Waals surface area contributed by atoms with Crippen molar-refractivity contribution < 1.29 is 4.79 Å². The van der Waals surface area contributed by atoms with E-state index < -0.39 is 0 Å². The number of rotatable bonds is 7. The van der Waals surface area contributed by atoms with Crippen LogP contribution in [0.4, 0.5) is 4.79 Å². The molecule has 2 heterocycles. The maximum Gasteiger partial charge on any atom is 0.317 e. The van der Waals surface area contributed by atoms with Crippen molar-refractivity contribution in [1.29, 1.82) is 0 Å². The molecule has 0 saturated carbocycles. The Morgan fingerprint density at radius 3 is 2.96 bits per heavy atom. The van der Waals surface area contributed by atoms with E-state index in [-0.39, 0.29) is 11.4 Å². The summed E-state index contributed by atoms with van der Waals surface area (Å²) < 4.78 is 0. The summed E-state index contributed by atoms with van der Waals surface area (Å²) in [4.78, 5) is 18.1. The van der Waals surface area contributed by atoms with Gasteiger partial charge in [0, 0.05) is 36.5 Å². The minimum atomic E-state index is -0.00963. The number of amides is 2. The highest BCUT2D eigenvalue weighted by Crippen LogP contribution is 2.26. The number of thiophene rings is 1. The number of urea groups is 1. The number of hydrogen-bond donors (Lipinski definition) is 1. The van der Waals surface area contributed by atoms with Crippen LogP contribution in [-0.2, 0) is 5.41 Å². The monoisotopic (exact) mass is 337 g/mol. The van der Waals surface area contributed by atoms with Crippen molar-refractivity contribution in [3.05, 3.63) is 22.4 Å². The van der Waals surface area contributed by atoms with Crippen LogP contribution in [0, 0.1) is 5.92 Å². The van der Waals surface area contributed by atoms with Gasteiger partial charge in [-0.15, -0.1) is 11.3 Å². The Hall–Kier alpha value is -1.07. The average Bonchev–Trinajstić information content (AvgIpc) is 3.16. The van der Waals surface area contributed by atoms with Crippen LogP contribution in [0.15, 0.2) is 17.5 Å². The molecule has 0 aliphatic carbocycles. The summed E-state index contributed by atoms with van der Waals surface area (Å²) in [5.74, 6) is 0.614. The van der Waals surface area contributed by atoms with Gasteiger partial charge >= 0.3 is 6.03 Å². The molecule has 1 aromatic heterocycles. The van der Waals surface area contributed by atoms with Crippen molar-refractivity contribution >= 4 is 17.4 Å². The molecule has 130 valence electrons. The zero-order valence-corrected chi connectivity index (χ0v) is 15.8. The molecule has 23 heavy (non-hydrogen) atoms. The lowest BCUT2D eigenvalue weighted by Crippen LogP contribution is -2.44. The Balaban J connectivity index is 1.76. The van der Waals surface area contributed by atoms with Crippen molar-refractivity contribution in [2.24, 2.45) is 5.92 Å². The third kappa shape index (κ3) is 5.21. The normalized spacial score (nSPS) is 18.7. The van der Waals surface area contributed by atoms with Gasteiger partial charge in [0.15, 0.2) is 0 Å². The molecule has 1 fully saturated rings. The lowest BCUT2D eigenvalue weighted by atomic mass is 9.91. The molecule has 1 unspecified atom stereocenters. The van der Waals surface area contributed by atoms with Crippen molar-refractivity contribution in [2.45, 2.75) is 39.0 Å². The second-order valence-corrected chi connectivity index (χ2v) is 8.33. The van der Waals surface area contributed by atoms with E-state index in [2.05, 4.69) is 55.5 Å². The minimum Gasteiger partial charge on any atom is -0.337 e. The van der Waals surface area contributed by atoms with Gasteiger partial charge in [-0.25, -0.2) is 4.79 Å². The van der Waals surface area contributed by atoms with Crippen LogP contribution in [0.5, 0.6) is 0 Å². The van der Waals surface area contributed by atoms with Gasteiger partial charge in [-0.2, -0.15) is 0 Å². The second-order valence-electron chi connectivity index (χ2n) is 7.38. The first kappa shape index (κ1) is 18.3. The molecule has 1 saturated heterocycles. The molecule has 0 spiro atoms. The van der Waals surface area contributed by atoms with E-state index >= 15 is 0 Å². The summed E-state index contributed by atoms with van der Waals surface area (Å²) in [5.41, 5.74) is -0.00963. The van der Waals surface area contributed by atoms with E-state index in [4.69, 9.17) is 0 Å². The molecule has 5 heteroatoms. The lowest BCUT2D eigenvalue weighted by molar-refractivity contribution is 0.202. The minimum absolute atomic E-state index is 0.00963. The molecular formula is C18H31N3OS. The molecule has 1 aromatic rings. The van der Waals surface area contributed by atoms with Gasteiger partial charge in [0.2, 0.25) is 0 Å². The molecule has 0 bridgehead atoms. The van der Waals surface area contributed by atoms with Gasteiger partial charge in [0.1, 0.15) is 0 Å². The molecule has 0 aromatic carbocycles. The Labute approximate surface area is 144 Å². The van der Waals surface area contributed by atoms with Gasteiger partial charge in [-0.3, -0.25) is 0 Å². The predicted octanol–water partition coefficient (Wildman–Crippen LogP) is 3.40. The molecule has 2 rings (SSSR count). The highest BCUT2D eigenvalue weighted by molar-refractivity contribution is 7.10. The van der Waals surface area contributed by atoms with Crippen LogP contribution < -0.4 is 5.32 Å². The predicted molar refractivity (Wildman–Crippen MR) is 98.2 cm³/mol. The molecule has 4 nitrogen and oxygen atoms in total. The van der Waals surface area contributed by atoms with Crippen molar-refractivity contribution in [2.75, 3.05) is 39.8 Å². The van der Waals surface area contributed by atoms with Gasteiger partial charge in [-0.05, 0) is 43.8 Å². The fourth-order valence-electron chi connectivity index (χ4n) is 3.24. The average molecular weight is 338 g/mol. The van der Waals surface area contributed by atoms with Crippen molar-refractivity contribution in [3.8, 4) is 0 Å². The van der Waals surface area contributed by atoms with Gasteiger partial charge in [-0.1, -0.05) is 26.8 Å². The summed E-state index contributed by atoms with van der Waals surface area (Å²) in [6, 6.07) is 4.31. The smallest absolute Gasteiger partial charge is 0.317 e. The lowest BCUT2D eigenvalue weighted by Gasteiger charge is -2.26. The first-order valence-electron chi connectivity index (χ1n) is 8.67. The van der Waals surface area contributed by atoms with E-state index in [1.807, 2.05) is 4.90 Å². The number of carbonyl (C=O) groups excluding carboxylic acids is 1. The van der Waals surface area contributed by atoms with E-state index in [9.17, 15) is 4.79 Å². The Morgan fingerprint density at radius 2 is 2.30 bits per heavy atom. The van der Waals surface area contributed by atoms with Crippen LogP contribution in [0.2, 0.25) is 0 Å². The van der Waals surface area contributed by atoms with E-state index in [1.54, 1.807) is 11.3 Å². The largest absolute Gasteiger partial charge is 0.337 e. The molecule has 1 aliphatic rings. The van der Waals surface area contributed by atoms with Crippen LogP contribution in [0.3, 0.4) is 0 Å². The van der Waals surface area contributed by atoms with E-state index in [0.717, 1.165) is 32.6 Å². The van der Waals surface area contributed by atoms with Crippen molar-refractivity contribution in [3.63, 3.8) is 0 Å². The maximum atomic E-state index is 12.4. The molecular weight excluding hydrogens is 306 g/mol. The van der Waals surface area contributed by atoms with E-state index in [1.165, 1.54) is 11.3 Å². The molecule has 2 amide bonds. The Bertz CT molecular complexity index is 486. The third-order valence-electron chi connectivity index (χ3n) is 4.62. The van der Waals surface area contributed by atoms with Gasteiger partial charge in [0.05, 0.1) is 0 Å². The Kier molecular flexibility index (Phi) is 6.48. The molecule has 1 N–H and O–H groups in total. The SMILES string of the molecule is CCCN(C)CC1CCN(C(=O)NCC(C)(C)c2cccs2)C1. The first-order chi connectivity index (χ1) is 10.9. The maximum absolute atomic E-state index is 12.4. The fourth-order valence-corrected chi connectivity index (χ4v) is 4.09. The Morgan fingerprint density at radius 1 is 1.52 bits per heavy atom. The highest BCUT2D eigenvalue weighted by Gasteiger charge is 2.28. The number of carbonyl (C=O) groups is 1. The zero-order chi connectivity index (χ0) is 16.9. The number of likely N-dealkylation sites (tertiary alicyclic amines) is 1. The molecule has 0 radical (unpaired) electrons. The standard InChI is InChI=1S/C18H31N3OS/c1-5-9-20(4)12-15-8-10-21(13-15)17(22)19-14-18(2,3)16-7-6-11-23-16/h6-7,11,15H,5,8-10,12-14H2,1-4H3,(H,19,22). The van der Waals surface area contributed by atoms with Crippen LogP contribution in [0.25, 0.3) is 0 Å². The fraction of sp³-hybridized carbons (Fsp3) is 0.722. The number of nitrogens with zero attached hydrogens (tertiary/aromatic N) is 2. The van der Waals surface area contributed by atoms with Crippen molar-refractivity contribution in [1.82, 2.24) is 15.1 Å². The number of nitrogens with one attached hydrogen (secondary N) is 1. The van der Waals surface area contributed by atoms with Crippen LogP contribution in [0.1, 0.15) is 38.5 Å². The quantitative estimate of drug-likeness (QED) is 0.828. The summed E-state index contributed by atoms with van der Waals surface area (Å²) >= 11 is 1.76. The number of hydrogen-bond acceptors (Lipinski definition) is 3. The summed E-state index contributed by atoms with van der Waals surface area (Å²) in [7, 11) is 2.18. The topological polar surface area (TPSA) is 35.6 Å².